The van der Waals surface area contributed by atoms with Crippen molar-refractivity contribution in [1.29, 1.82) is 0 Å². The van der Waals surface area contributed by atoms with Gasteiger partial charge in [0.15, 0.2) is 5.13 Å². The highest BCUT2D eigenvalue weighted by molar-refractivity contribution is 7.13. The molecule has 1 aromatic rings. The van der Waals surface area contributed by atoms with Crippen LogP contribution in [0.2, 0.25) is 0 Å². The fraction of sp³-hybridized carbons (Fsp3) is 0.636. The second kappa shape index (κ2) is 5.85. The zero-order valence-electron chi connectivity index (χ0n) is 9.40. The minimum Gasteiger partial charge on any atom is -0.345 e. The van der Waals surface area contributed by atoms with Crippen molar-refractivity contribution in [2.24, 2.45) is 0 Å². The average molecular weight is 226 g/mol. The summed E-state index contributed by atoms with van der Waals surface area (Å²) < 4.78 is 0. The Balaban J connectivity index is 0.000000531. The fourth-order valence-electron chi connectivity index (χ4n) is 1.53. The molecule has 1 fully saturated rings. The summed E-state index contributed by atoms with van der Waals surface area (Å²) >= 11 is 1.79. The van der Waals surface area contributed by atoms with Gasteiger partial charge in [0.1, 0.15) is 6.79 Å². The highest BCUT2D eigenvalue weighted by Crippen LogP contribution is 2.33. The van der Waals surface area contributed by atoms with E-state index in [1.165, 1.54) is 23.7 Å². The lowest BCUT2D eigenvalue weighted by Crippen LogP contribution is -2.24. The lowest BCUT2D eigenvalue weighted by molar-refractivity contribution is -0.0979. The van der Waals surface area contributed by atoms with E-state index in [2.05, 4.69) is 29.1 Å². The van der Waals surface area contributed by atoms with Gasteiger partial charge in [0.25, 0.3) is 0 Å². The molecular weight excluding hydrogens is 208 g/mol. The van der Waals surface area contributed by atoms with E-state index in [9.17, 15) is 0 Å². The first kappa shape index (κ1) is 12.2. The van der Waals surface area contributed by atoms with Crippen LogP contribution in [0.25, 0.3) is 0 Å². The molecule has 1 aliphatic carbocycles. The summed E-state index contributed by atoms with van der Waals surface area (Å²) in [5, 5.41) is 3.40. The first-order valence-corrected chi connectivity index (χ1v) is 6.23. The Hall–Kier alpha value is -0.900. The van der Waals surface area contributed by atoms with Crippen LogP contribution in [0, 0.1) is 0 Å². The van der Waals surface area contributed by atoms with Crippen LogP contribution in [-0.4, -0.2) is 24.4 Å². The lowest BCUT2D eigenvalue weighted by Gasteiger charge is -2.18. The van der Waals surface area contributed by atoms with Gasteiger partial charge in [-0.1, -0.05) is 6.92 Å². The lowest BCUT2D eigenvalue weighted by atomic mass is 10.4. The number of nitrogens with zero attached hydrogens (tertiary/aromatic N) is 2. The summed E-state index contributed by atoms with van der Waals surface area (Å²) in [4.78, 5) is 15.0. The highest BCUT2D eigenvalue weighted by atomic mass is 32.1. The first-order chi connectivity index (χ1) is 7.35. The quantitative estimate of drug-likeness (QED) is 0.791. The summed E-state index contributed by atoms with van der Waals surface area (Å²) in [6, 6.07) is 0.792. The number of aryl methyl sites for hydroxylation is 1. The number of hydrogen-bond acceptors (Lipinski definition) is 4. The van der Waals surface area contributed by atoms with Crippen molar-refractivity contribution in [3.8, 4) is 0 Å². The largest absolute Gasteiger partial charge is 0.345 e. The molecule has 3 nitrogen and oxygen atoms in total. The summed E-state index contributed by atoms with van der Waals surface area (Å²) in [7, 11) is 0. The molecule has 84 valence electrons. The maximum absolute atomic E-state index is 8.00. The molecule has 0 N–H and O–H groups in total. The predicted octanol–water partition coefficient (Wildman–Crippen LogP) is 2.51. The van der Waals surface area contributed by atoms with E-state index in [-0.39, 0.29) is 0 Å². The van der Waals surface area contributed by atoms with Gasteiger partial charge in [-0.2, -0.15) is 0 Å². The van der Waals surface area contributed by atoms with E-state index < -0.39 is 0 Å². The number of hydrogen-bond donors (Lipinski definition) is 0. The summed E-state index contributed by atoms with van der Waals surface area (Å²) in [6.07, 6.45) is 3.77. The maximum Gasteiger partial charge on any atom is 0.185 e. The topological polar surface area (TPSA) is 33.2 Å². The molecule has 0 aliphatic heterocycles. The second-order valence-electron chi connectivity index (χ2n) is 3.49. The Bertz CT molecular complexity index is 297. The summed E-state index contributed by atoms with van der Waals surface area (Å²) in [5.74, 6) is 0. The van der Waals surface area contributed by atoms with Gasteiger partial charge in [0.05, 0.1) is 5.69 Å². The Kier molecular flexibility index (Phi) is 4.75. The molecule has 0 amide bonds. The number of aromatic nitrogens is 1. The number of rotatable bonds is 4. The van der Waals surface area contributed by atoms with E-state index in [0.29, 0.717) is 0 Å². The van der Waals surface area contributed by atoms with Crippen LogP contribution in [0.1, 0.15) is 32.4 Å². The van der Waals surface area contributed by atoms with E-state index in [1.807, 2.05) is 6.79 Å². The second-order valence-corrected chi connectivity index (χ2v) is 4.33. The van der Waals surface area contributed by atoms with E-state index in [4.69, 9.17) is 4.79 Å². The molecule has 0 bridgehead atoms. The van der Waals surface area contributed by atoms with Crippen LogP contribution in [0.4, 0.5) is 5.13 Å². The Morgan fingerprint density at radius 2 is 2.20 bits per heavy atom. The Morgan fingerprint density at radius 1 is 1.53 bits per heavy atom. The van der Waals surface area contributed by atoms with Crippen molar-refractivity contribution in [2.45, 2.75) is 39.2 Å². The summed E-state index contributed by atoms with van der Waals surface area (Å²) in [6.45, 7) is 7.47. The minimum absolute atomic E-state index is 0.792. The molecule has 1 aromatic heterocycles. The van der Waals surface area contributed by atoms with Crippen LogP contribution >= 0.6 is 11.3 Å². The van der Waals surface area contributed by atoms with Gasteiger partial charge in [-0.3, -0.25) is 0 Å². The van der Waals surface area contributed by atoms with Crippen molar-refractivity contribution in [3.05, 3.63) is 11.1 Å². The smallest absolute Gasteiger partial charge is 0.185 e. The van der Waals surface area contributed by atoms with Gasteiger partial charge in [0.2, 0.25) is 0 Å². The third kappa shape index (κ3) is 3.02. The van der Waals surface area contributed by atoms with Gasteiger partial charge in [-0.15, -0.1) is 11.3 Å². The maximum atomic E-state index is 8.00. The molecule has 1 heterocycles. The third-order valence-electron chi connectivity index (χ3n) is 2.48. The van der Waals surface area contributed by atoms with Crippen molar-refractivity contribution < 1.29 is 4.79 Å². The average Bonchev–Trinajstić information content (AvgIpc) is 3.00. The zero-order valence-corrected chi connectivity index (χ0v) is 10.2. The Labute approximate surface area is 95.1 Å². The fourth-order valence-corrected chi connectivity index (χ4v) is 2.57. The monoisotopic (exact) mass is 226 g/mol. The standard InChI is InChI=1S/C10H16N2S.CH2O/c1-3-8-7-13-10(11-8)12(4-2)9-5-6-9;1-2/h7,9H,3-6H2,1-2H3;1H2. The van der Waals surface area contributed by atoms with Crippen LogP contribution in [0.5, 0.6) is 0 Å². The van der Waals surface area contributed by atoms with Crippen molar-refractivity contribution in [1.82, 2.24) is 4.98 Å². The molecule has 1 saturated carbocycles. The van der Waals surface area contributed by atoms with Crippen LogP contribution in [0.15, 0.2) is 5.38 Å². The van der Waals surface area contributed by atoms with Crippen molar-refractivity contribution >= 4 is 23.3 Å². The summed E-state index contributed by atoms with van der Waals surface area (Å²) in [5.41, 5.74) is 1.24. The molecule has 0 atom stereocenters. The molecule has 0 radical (unpaired) electrons. The van der Waals surface area contributed by atoms with Crippen LogP contribution < -0.4 is 4.90 Å². The SMILES string of the molecule is C=O.CCc1csc(N(CC)C2CC2)n1. The minimum atomic E-state index is 0.792. The van der Waals surface area contributed by atoms with Crippen LogP contribution in [0.3, 0.4) is 0 Å². The molecule has 4 heteroatoms. The highest BCUT2D eigenvalue weighted by Gasteiger charge is 2.29. The van der Waals surface area contributed by atoms with Gasteiger partial charge in [0, 0.05) is 18.0 Å². The molecule has 2 rings (SSSR count). The van der Waals surface area contributed by atoms with Crippen molar-refractivity contribution in [2.75, 3.05) is 11.4 Å². The van der Waals surface area contributed by atoms with Crippen molar-refractivity contribution in [3.63, 3.8) is 0 Å². The molecule has 0 saturated heterocycles. The predicted molar refractivity (Wildman–Crippen MR) is 64.7 cm³/mol. The molecular formula is C11H18N2OS. The van der Waals surface area contributed by atoms with E-state index in [0.717, 1.165) is 19.0 Å². The van der Waals surface area contributed by atoms with Gasteiger partial charge in [-0.05, 0) is 26.2 Å². The van der Waals surface area contributed by atoms with E-state index in [1.54, 1.807) is 11.3 Å². The molecule has 0 unspecified atom stereocenters. The molecule has 0 aromatic carbocycles. The van der Waals surface area contributed by atoms with Gasteiger partial charge >= 0.3 is 0 Å². The van der Waals surface area contributed by atoms with E-state index >= 15 is 0 Å². The third-order valence-corrected chi connectivity index (χ3v) is 3.40. The Morgan fingerprint density at radius 3 is 2.60 bits per heavy atom. The molecule has 0 spiro atoms. The normalized spacial score (nSPS) is 14.3. The first-order valence-electron chi connectivity index (χ1n) is 5.35. The zero-order chi connectivity index (χ0) is 11.3. The van der Waals surface area contributed by atoms with Crippen LogP contribution in [-0.2, 0) is 11.2 Å². The molecule has 1 aliphatic rings. The van der Waals surface area contributed by atoms with Gasteiger partial charge in [-0.25, -0.2) is 4.98 Å². The molecule has 15 heavy (non-hydrogen) atoms. The van der Waals surface area contributed by atoms with Gasteiger partial charge < -0.3 is 9.69 Å². The number of thiazole rings is 1. The number of carbonyl (C=O) groups excluding carboxylic acids is 1. The number of carbonyl (C=O) groups is 1. The number of anilines is 1.